The maximum absolute atomic E-state index is 12.8. The van der Waals surface area contributed by atoms with Crippen LogP contribution in [0, 0.1) is 0 Å². The molecule has 1 aliphatic rings. The Morgan fingerprint density at radius 1 is 1.27 bits per heavy atom. The first-order valence-electron chi connectivity index (χ1n) is 7.09. The number of amides is 1. The zero-order valence-electron chi connectivity index (χ0n) is 12.0. The molecule has 0 fully saturated rings. The lowest BCUT2D eigenvalue weighted by atomic mass is 10.0. The van der Waals surface area contributed by atoms with E-state index in [-0.39, 0.29) is 11.9 Å². The van der Waals surface area contributed by atoms with E-state index in [1.165, 1.54) is 21.8 Å². The van der Waals surface area contributed by atoms with Gasteiger partial charge in [-0.1, -0.05) is 0 Å². The largest absolute Gasteiger partial charge is 0.330 e. The van der Waals surface area contributed by atoms with Crippen LogP contribution in [-0.2, 0) is 6.42 Å². The third kappa shape index (κ3) is 2.31. The maximum atomic E-state index is 12.8. The van der Waals surface area contributed by atoms with Crippen molar-refractivity contribution in [1.29, 1.82) is 0 Å². The lowest BCUT2D eigenvalue weighted by molar-refractivity contribution is 0.0674. The minimum absolute atomic E-state index is 0.0436. The summed E-state index contributed by atoms with van der Waals surface area (Å²) in [5.41, 5.74) is 2.95. The summed E-state index contributed by atoms with van der Waals surface area (Å²) in [7, 11) is 0. The summed E-state index contributed by atoms with van der Waals surface area (Å²) in [6, 6.07) is 4.31. The van der Waals surface area contributed by atoms with E-state index in [1.54, 1.807) is 22.7 Å². The molecule has 0 bridgehead atoms. The van der Waals surface area contributed by atoms with Gasteiger partial charge in [-0.3, -0.25) is 4.79 Å². The molecule has 3 aromatic rings. The molecule has 0 unspecified atom stereocenters. The second kappa shape index (κ2) is 5.61. The Kier molecular flexibility index (Phi) is 3.60. The molecule has 4 rings (SSSR count). The van der Waals surface area contributed by atoms with Crippen LogP contribution in [0.15, 0.2) is 33.7 Å². The van der Waals surface area contributed by atoms with Crippen LogP contribution in [0.3, 0.4) is 0 Å². The van der Waals surface area contributed by atoms with E-state index in [1.807, 2.05) is 21.7 Å². The van der Waals surface area contributed by atoms with Gasteiger partial charge in [0.15, 0.2) is 0 Å². The molecule has 3 aromatic heterocycles. The fraction of sp³-hybridized carbons (Fsp3) is 0.250. The third-order valence-corrected chi connectivity index (χ3v) is 6.60. The summed E-state index contributed by atoms with van der Waals surface area (Å²) < 4.78 is 0. The Morgan fingerprint density at radius 2 is 2.18 bits per heavy atom. The number of hydrogen-bond donors (Lipinski definition) is 0. The summed E-state index contributed by atoms with van der Waals surface area (Å²) in [6.45, 7) is 2.88. The van der Waals surface area contributed by atoms with Crippen LogP contribution in [0.2, 0.25) is 0 Å². The van der Waals surface area contributed by atoms with Gasteiger partial charge in [-0.25, -0.2) is 4.98 Å². The molecule has 112 valence electrons. The van der Waals surface area contributed by atoms with Crippen molar-refractivity contribution in [1.82, 2.24) is 9.88 Å². The average Bonchev–Trinajstić information content (AvgIpc) is 3.26. The number of nitrogens with zero attached hydrogens (tertiary/aromatic N) is 2. The number of thiazole rings is 1. The van der Waals surface area contributed by atoms with Crippen LogP contribution in [0.5, 0.6) is 0 Å². The fourth-order valence-corrected chi connectivity index (χ4v) is 5.29. The highest BCUT2D eigenvalue weighted by Crippen LogP contribution is 2.34. The Morgan fingerprint density at radius 3 is 3.00 bits per heavy atom. The third-order valence-electron chi connectivity index (χ3n) is 4.03. The summed E-state index contributed by atoms with van der Waals surface area (Å²) >= 11 is 4.98. The Hall–Kier alpha value is -1.50. The van der Waals surface area contributed by atoms with Crippen LogP contribution >= 0.6 is 34.0 Å². The molecule has 3 nitrogen and oxygen atoms in total. The van der Waals surface area contributed by atoms with Crippen molar-refractivity contribution in [2.75, 3.05) is 6.54 Å². The minimum Gasteiger partial charge on any atom is -0.330 e. The van der Waals surface area contributed by atoms with E-state index in [4.69, 9.17) is 0 Å². The highest BCUT2D eigenvalue weighted by Gasteiger charge is 2.30. The summed E-state index contributed by atoms with van der Waals surface area (Å²) in [5.74, 6) is 0.0436. The van der Waals surface area contributed by atoms with Gasteiger partial charge in [0.1, 0.15) is 10.7 Å². The van der Waals surface area contributed by atoms with Crippen LogP contribution in [0.4, 0.5) is 0 Å². The maximum Gasteiger partial charge on any atom is 0.273 e. The number of carbonyl (C=O) groups is 1. The van der Waals surface area contributed by atoms with E-state index >= 15 is 0 Å². The molecule has 0 radical (unpaired) electrons. The van der Waals surface area contributed by atoms with Gasteiger partial charge in [0.25, 0.3) is 5.91 Å². The zero-order chi connectivity index (χ0) is 15.1. The Bertz CT molecular complexity index is 803. The van der Waals surface area contributed by atoms with Gasteiger partial charge in [-0.05, 0) is 41.8 Å². The predicted octanol–water partition coefficient (Wildman–Crippen LogP) is 4.69. The molecule has 22 heavy (non-hydrogen) atoms. The van der Waals surface area contributed by atoms with Crippen molar-refractivity contribution in [2.45, 2.75) is 19.4 Å². The molecule has 1 aliphatic heterocycles. The van der Waals surface area contributed by atoms with E-state index in [2.05, 4.69) is 28.7 Å². The summed E-state index contributed by atoms with van der Waals surface area (Å²) in [5, 5.41) is 9.01. The lowest BCUT2D eigenvalue weighted by Crippen LogP contribution is -2.38. The molecule has 1 atom stereocenters. The smallest absolute Gasteiger partial charge is 0.273 e. The number of fused-ring (bicyclic) bond motifs is 1. The molecular formula is C16H14N2OS3. The molecule has 0 aliphatic carbocycles. The van der Waals surface area contributed by atoms with Gasteiger partial charge in [0, 0.05) is 27.7 Å². The number of carbonyl (C=O) groups excluding carboxylic acids is 1. The predicted molar refractivity (Wildman–Crippen MR) is 92.9 cm³/mol. The van der Waals surface area contributed by atoms with Crippen molar-refractivity contribution in [2.24, 2.45) is 0 Å². The van der Waals surface area contributed by atoms with Gasteiger partial charge >= 0.3 is 0 Å². The second-order valence-corrected chi connectivity index (χ2v) is 7.91. The molecule has 1 amide bonds. The van der Waals surface area contributed by atoms with E-state index in [0.717, 1.165) is 23.5 Å². The van der Waals surface area contributed by atoms with Crippen LogP contribution < -0.4 is 0 Å². The van der Waals surface area contributed by atoms with E-state index in [9.17, 15) is 4.79 Å². The van der Waals surface area contributed by atoms with Crippen LogP contribution in [0.25, 0.3) is 10.6 Å². The van der Waals surface area contributed by atoms with Crippen molar-refractivity contribution in [3.63, 3.8) is 0 Å². The lowest BCUT2D eigenvalue weighted by Gasteiger charge is -2.33. The molecule has 0 saturated carbocycles. The quantitative estimate of drug-likeness (QED) is 0.674. The highest BCUT2D eigenvalue weighted by atomic mass is 32.1. The normalized spacial score (nSPS) is 17.5. The molecule has 0 aromatic carbocycles. The van der Waals surface area contributed by atoms with Crippen LogP contribution in [0.1, 0.15) is 33.9 Å². The SMILES string of the molecule is C[C@H]1c2ccsc2CCN1C(=O)c1csc(-c2ccsc2)n1. The number of hydrogen-bond acceptors (Lipinski definition) is 5. The van der Waals surface area contributed by atoms with E-state index in [0.29, 0.717) is 5.69 Å². The first kappa shape index (κ1) is 14.1. The minimum atomic E-state index is 0.0436. The van der Waals surface area contributed by atoms with Crippen LogP contribution in [-0.4, -0.2) is 22.3 Å². The molecular weight excluding hydrogens is 332 g/mol. The highest BCUT2D eigenvalue weighted by molar-refractivity contribution is 7.14. The van der Waals surface area contributed by atoms with Crippen molar-refractivity contribution >= 4 is 39.9 Å². The first-order chi connectivity index (χ1) is 10.7. The van der Waals surface area contributed by atoms with Crippen molar-refractivity contribution in [3.8, 4) is 10.6 Å². The van der Waals surface area contributed by atoms with Crippen molar-refractivity contribution in [3.05, 3.63) is 49.8 Å². The summed E-state index contributed by atoms with van der Waals surface area (Å²) in [4.78, 5) is 20.7. The van der Waals surface area contributed by atoms with E-state index < -0.39 is 0 Å². The van der Waals surface area contributed by atoms with Gasteiger partial charge in [-0.2, -0.15) is 11.3 Å². The molecule has 4 heterocycles. The van der Waals surface area contributed by atoms with Gasteiger partial charge in [-0.15, -0.1) is 22.7 Å². The second-order valence-electron chi connectivity index (χ2n) is 5.27. The standard InChI is InChI=1S/C16H14N2OS3/c1-10-12-4-7-21-14(12)2-5-18(10)16(19)13-9-22-15(17-13)11-3-6-20-8-11/h3-4,6-10H,2,5H2,1H3/t10-/m0/s1. The monoisotopic (exact) mass is 346 g/mol. The van der Waals surface area contributed by atoms with Gasteiger partial charge in [0.2, 0.25) is 0 Å². The Labute approximate surface area is 140 Å². The van der Waals surface area contributed by atoms with Gasteiger partial charge in [0.05, 0.1) is 6.04 Å². The molecule has 6 heteroatoms. The zero-order valence-corrected chi connectivity index (χ0v) is 14.4. The number of thiophene rings is 2. The topological polar surface area (TPSA) is 33.2 Å². The molecule has 0 N–H and O–H groups in total. The van der Waals surface area contributed by atoms with Crippen molar-refractivity contribution < 1.29 is 4.79 Å². The number of rotatable bonds is 2. The Balaban J connectivity index is 1.60. The first-order valence-corrected chi connectivity index (χ1v) is 9.79. The molecule has 0 saturated heterocycles. The summed E-state index contributed by atoms with van der Waals surface area (Å²) in [6.07, 6.45) is 0.949. The number of aromatic nitrogens is 1. The van der Waals surface area contributed by atoms with Gasteiger partial charge < -0.3 is 4.90 Å². The average molecular weight is 347 g/mol. The fourth-order valence-electron chi connectivity index (χ4n) is 2.82. The molecule has 0 spiro atoms.